The predicted molar refractivity (Wildman–Crippen MR) is 58.8 cm³/mol. The van der Waals surface area contributed by atoms with Crippen molar-refractivity contribution in [1.29, 1.82) is 0 Å². The van der Waals surface area contributed by atoms with Crippen molar-refractivity contribution in [1.82, 2.24) is 4.57 Å². The zero-order valence-corrected chi connectivity index (χ0v) is 9.79. The summed E-state index contributed by atoms with van der Waals surface area (Å²) in [6, 6.07) is 3.64. The van der Waals surface area contributed by atoms with Crippen molar-refractivity contribution in [2.24, 2.45) is 0 Å². The van der Waals surface area contributed by atoms with Gasteiger partial charge in [0.15, 0.2) is 0 Å². The Bertz CT molecular complexity index is 296. The zero-order valence-electron chi connectivity index (χ0n) is 8.20. The number of esters is 1. The molecular formula is C10H14BrNO2. The van der Waals surface area contributed by atoms with E-state index in [-0.39, 0.29) is 5.97 Å². The monoisotopic (exact) mass is 259 g/mol. The summed E-state index contributed by atoms with van der Waals surface area (Å²) in [5.41, 5.74) is 0.627. The molecule has 0 aliphatic rings. The molecule has 0 saturated carbocycles. The third-order valence-corrected chi connectivity index (χ3v) is 2.57. The lowest BCUT2D eigenvalue weighted by molar-refractivity contribution is 0.0588. The third-order valence-electron chi connectivity index (χ3n) is 2.01. The Balaban J connectivity index is 2.58. The van der Waals surface area contributed by atoms with Gasteiger partial charge in [-0.1, -0.05) is 15.9 Å². The Morgan fingerprint density at radius 1 is 1.57 bits per heavy atom. The molecule has 0 spiro atoms. The van der Waals surface area contributed by atoms with Gasteiger partial charge in [-0.05, 0) is 25.0 Å². The molecule has 0 aliphatic carbocycles. The second-order valence-corrected chi connectivity index (χ2v) is 3.77. The summed E-state index contributed by atoms with van der Waals surface area (Å²) >= 11 is 3.37. The van der Waals surface area contributed by atoms with Crippen LogP contribution in [0.15, 0.2) is 18.3 Å². The number of methoxy groups -OCH3 is 1. The quantitative estimate of drug-likeness (QED) is 0.462. The van der Waals surface area contributed by atoms with Gasteiger partial charge in [-0.15, -0.1) is 0 Å². The number of nitrogens with zero attached hydrogens (tertiary/aromatic N) is 1. The molecule has 0 radical (unpaired) electrons. The molecule has 0 saturated heterocycles. The first-order chi connectivity index (χ1) is 6.79. The molecule has 1 rings (SSSR count). The highest BCUT2D eigenvalue weighted by atomic mass is 79.9. The van der Waals surface area contributed by atoms with E-state index >= 15 is 0 Å². The van der Waals surface area contributed by atoms with Gasteiger partial charge in [-0.3, -0.25) is 0 Å². The van der Waals surface area contributed by atoms with Crippen molar-refractivity contribution >= 4 is 21.9 Å². The first-order valence-corrected chi connectivity index (χ1v) is 5.71. The SMILES string of the molecule is COC(=O)c1cccn1CCCCBr. The molecule has 0 fully saturated rings. The van der Waals surface area contributed by atoms with Gasteiger partial charge in [0, 0.05) is 18.1 Å². The van der Waals surface area contributed by atoms with Crippen molar-refractivity contribution < 1.29 is 9.53 Å². The maximum Gasteiger partial charge on any atom is 0.354 e. The van der Waals surface area contributed by atoms with Crippen molar-refractivity contribution in [2.45, 2.75) is 19.4 Å². The molecule has 78 valence electrons. The minimum absolute atomic E-state index is 0.270. The molecule has 0 atom stereocenters. The molecular weight excluding hydrogens is 246 g/mol. The van der Waals surface area contributed by atoms with Crippen LogP contribution in [0.5, 0.6) is 0 Å². The number of unbranched alkanes of at least 4 members (excludes halogenated alkanes) is 1. The molecule has 14 heavy (non-hydrogen) atoms. The van der Waals surface area contributed by atoms with Gasteiger partial charge in [0.2, 0.25) is 0 Å². The van der Waals surface area contributed by atoms with Crippen LogP contribution in [0.2, 0.25) is 0 Å². The average molecular weight is 260 g/mol. The standard InChI is InChI=1S/C10H14BrNO2/c1-14-10(13)9-5-4-8-12(9)7-3-2-6-11/h4-5,8H,2-3,6-7H2,1H3. The fourth-order valence-corrected chi connectivity index (χ4v) is 1.67. The fraction of sp³-hybridized carbons (Fsp3) is 0.500. The van der Waals surface area contributed by atoms with Gasteiger partial charge in [-0.25, -0.2) is 4.79 Å². The molecule has 4 heteroatoms. The zero-order chi connectivity index (χ0) is 10.4. The second-order valence-electron chi connectivity index (χ2n) is 2.97. The summed E-state index contributed by atoms with van der Waals surface area (Å²) in [6.07, 6.45) is 4.07. The number of hydrogen-bond acceptors (Lipinski definition) is 2. The van der Waals surface area contributed by atoms with Crippen LogP contribution < -0.4 is 0 Å². The number of halogens is 1. The lowest BCUT2D eigenvalue weighted by Crippen LogP contribution is -2.10. The van der Waals surface area contributed by atoms with E-state index in [0.717, 1.165) is 24.7 Å². The Labute approximate surface area is 92.2 Å². The second kappa shape index (κ2) is 5.86. The number of aryl methyl sites for hydroxylation is 1. The minimum atomic E-state index is -0.270. The molecule has 1 heterocycles. The normalized spacial score (nSPS) is 10.1. The van der Waals surface area contributed by atoms with Crippen LogP contribution in [0, 0.1) is 0 Å². The smallest absolute Gasteiger partial charge is 0.354 e. The van der Waals surface area contributed by atoms with Crippen LogP contribution in [0.4, 0.5) is 0 Å². The van der Waals surface area contributed by atoms with Crippen LogP contribution in [0.25, 0.3) is 0 Å². The van der Waals surface area contributed by atoms with Crippen LogP contribution in [0.1, 0.15) is 23.3 Å². The van der Waals surface area contributed by atoms with Crippen molar-refractivity contribution in [3.63, 3.8) is 0 Å². The predicted octanol–water partition coefficient (Wildman–Crippen LogP) is 2.45. The molecule has 1 aromatic rings. The number of alkyl halides is 1. The van der Waals surface area contributed by atoms with Gasteiger partial charge in [0.25, 0.3) is 0 Å². The van der Waals surface area contributed by atoms with E-state index in [1.165, 1.54) is 7.11 Å². The van der Waals surface area contributed by atoms with Gasteiger partial charge in [0.05, 0.1) is 7.11 Å². The van der Waals surface area contributed by atoms with Crippen molar-refractivity contribution in [3.8, 4) is 0 Å². The molecule has 0 N–H and O–H groups in total. The van der Waals surface area contributed by atoms with E-state index in [1.807, 2.05) is 16.8 Å². The minimum Gasteiger partial charge on any atom is -0.464 e. The average Bonchev–Trinajstić information content (AvgIpc) is 2.65. The molecule has 0 aliphatic heterocycles. The number of aromatic nitrogens is 1. The highest BCUT2D eigenvalue weighted by Crippen LogP contribution is 2.06. The van der Waals surface area contributed by atoms with Crippen LogP contribution in [0.3, 0.4) is 0 Å². The largest absolute Gasteiger partial charge is 0.464 e. The fourth-order valence-electron chi connectivity index (χ4n) is 1.28. The van der Waals surface area contributed by atoms with Gasteiger partial charge >= 0.3 is 5.97 Å². The van der Waals surface area contributed by atoms with Crippen molar-refractivity contribution in [3.05, 3.63) is 24.0 Å². The van der Waals surface area contributed by atoms with Gasteiger partial charge in [-0.2, -0.15) is 0 Å². The lowest BCUT2D eigenvalue weighted by Gasteiger charge is -2.06. The van der Waals surface area contributed by atoms with Crippen LogP contribution in [-0.4, -0.2) is 23.0 Å². The summed E-state index contributed by atoms with van der Waals surface area (Å²) in [6.45, 7) is 0.864. The number of carbonyl (C=O) groups is 1. The first kappa shape index (κ1) is 11.3. The Hall–Kier alpha value is -0.770. The van der Waals surface area contributed by atoms with E-state index in [0.29, 0.717) is 5.69 Å². The topological polar surface area (TPSA) is 31.2 Å². The molecule has 0 aromatic carbocycles. The summed E-state index contributed by atoms with van der Waals surface area (Å²) < 4.78 is 6.60. The Kier molecular flexibility index (Phi) is 4.73. The van der Waals surface area contributed by atoms with E-state index in [1.54, 1.807) is 6.07 Å². The molecule has 3 nitrogen and oxygen atoms in total. The Morgan fingerprint density at radius 3 is 3.00 bits per heavy atom. The maximum absolute atomic E-state index is 11.3. The van der Waals surface area contributed by atoms with Gasteiger partial charge < -0.3 is 9.30 Å². The van der Waals surface area contributed by atoms with Crippen LogP contribution in [-0.2, 0) is 11.3 Å². The molecule has 0 bridgehead atoms. The number of hydrogen-bond donors (Lipinski definition) is 0. The maximum atomic E-state index is 11.3. The highest BCUT2D eigenvalue weighted by Gasteiger charge is 2.09. The summed E-state index contributed by atoms with van der Waals surface area (Å²) in [7, 11) is 1.40. The summed E-state index contributed by atoms with van der Waals surface area (Å²) in [5, 5.41) is 1.00. The van der Waals surface area contributed by atoms with E-state index < -0.39 is 0 Å². The van der Waals surface area contributed by atoms with Gasteiger partial charge in [0.1, 0.15) is 5.69 Å². The van der Waals surface area contributed by atoms with Crippen molar-refractivity contribution in [2.75, 3.05) is 12.4 Å². The molecule has 1 aromatic heterocycles. The first-order valence-electron chi connectivity index (χ1n) is 4.59. The Morgan fingerprint density at radius 2 is 2.36 bits per heavy atom. The molecule has 0 unspecified atom stereocenters. The number of ether oxygens (including phenoxy) is 1. The van der Waals surface area contributed by atoms with E-state index in [4.69, 9.17) is 0 Å². The number of carbonyl (C=O) groups excluding carboxylic acids is 1. The summed E-state index contributed by atoms with van der Waals surface area (Å²) in [4.78, 5) is 11.3. The van der Waals surface area contributed by atoms with Crippen LogP contribution >= 0.6 is 15.9 Å². The third kappa shape index (κ3) is 2.87. The lowest BCUT2D eigenvalue weighted by atomic mass is 10.3. The van der Waals surface area contributed by atoms with E-state index in [2.05, 4.69) is 20.7 Å². The van der Waals surface area contributed by atoms with E-state index in [9.17, 15) is 4.79 Å². The highest BCUT2D eigenvalue weighted by molar-refractivity contribution is 9.09. The molecule has 0 amide bonds. The summed E-state index contributed by atoms with van der Waals surface area (Å²) in [5.74, 6) is -0.270. The number of rotatable bonds is 5.